The molecule has 0 saturated heterocycles. The Morgan fingerprint density at radius 1 is 0.926 bits per heavy atom. The van der Waals surface area contributed by atoms with Gasteiger partial charge in [-0.3, -0.25) is 0 Å². The third-order valence-electron chi connectivity index (χ3n) is 7.49. The third kappa shape index (κ3) is 5.09. The van der Waals surface area contributed by atoms with Crippen LogP contribution in [0.4, 0.5) is 13.2 Å². The highest BCUT2D eigenvalue weighted by atomic mass is 19.2. The highest BCUT2D eigenvalue weighted by molar-refractivity contribution is 5.20. The first-order chi connectivity index (χ1) is 13.0. The van der Waals surface area contributed by atoms with E-state index in [-0.39, 0.29) is 0 Å². The van der Waals surface area contributed by atoms with Gasteiger partial charge >= 0.3 is 0 Å². The lowest BCUT2D eigenvalue weighted by molar-refractivity contribution is 0.0379. The summed E-state index contributed by atoms with van der Waals surface area (Å²) in [6.07, 6.45) is 17.4. The number of hydrogen-bond acceptors (Lipinski definition) is 0. The van der Waals surface area contributed by atoms with Gasteiger partial charge in [-0.15, -0.1) is 0 Å². The normalized spacial score (nSPS) is 27.0. The molecule has 0 atom stereocenters. The maximum absolute atomic E-state index is 13.6. The summed E-state index contributed by atoms with van der Waals surface area (Å²) < 4.78 is 40.5. The molecule has 0 spiro atoms. The summed E-state index contributed by atoms with van der Waals surface area (Å²) in [6.45, 7) is 2.26. The summed E-state index contributed by atoms with van der Waals surface area (Å²) >= 11 is 0. The average Bonchev–Trinajstić information content (AvgIpc) is 2.70. The minimum absolute atomic E-state index is 0.324. The smallest absolute Gasteiger partial charge is 0.194 e. The Bertz CT molecular complexity index is 573. The number of aryl methyl sites for hydroxylation is 1. The topological polar surface area (TPSA) is 0 Å². The van der Waals surface area contributed by atoms with E-state index in [0.29, 0.717) is 17.4 Å². The molecule has 0 amide bonds. The Morgan fingerprint density at radius 2 is 1.56 bits per heavy atom. The lowest BCUT2D eigenvalue weighted by atomic mass is 9.58. The summed E-state index contributed by atoms with van der Waals surface area (Å²) in [5.74, 6) is -1.84. The standard InChI is InChI=1S/C24H35F3/c1-2-3-7-18-10-13-24(14-11-18,20-8-5-4-6-9-20)15-12-19-16-21(25)23(27)22(26)17-19/h16-18,20H,2-15H2,1H3. The Kier molecular flexibility index (Phi) is 7.28. The van der Waals surface area contributed by atoms with E-state index in [4.69, 9.17) is 0 Å². The van der Waals surface area contributed by atoms with Crippen LogP contribution in [-0.4, -0.2) is 0 Å². The first kappa shape index (κ1) is 20.7. The predicted molar refractivity (Wildman–Crippen MR) is 105 cm³/mol. The van der Waals surface area contributed by atoms with Crippen LogP contribution in [0.5, 0.6) is 0 Å². The first-order valence-electron chi connectivity index (χ1n) is 11.2. The van der Waals surface area contributed by atoms with Gasteiger partial charge in [0.25, 0.3) is 0 Å². The van der Waals surface area contributed by atoms with Gasteiger partial charge in [-0.2, -0.15) is 0 Å². The number of unbranched alkanes of at least 4 members (excludes halogenated alkanes) is 1. The van der Waals surface area contributed by atoms with Crippen molar-refractivity contribution in [3.05, 3.63) is 35.1 Å². The third-order valence-corrected chi connectivity index (χ3v) is 7.49. The Hall–Kier alpha value is -0.990. The molecule has 0 nitrogen and oxygen atoms in total. The van der Waals surface area contributed by atoms with Gasteiger partial charge in [-0.05, 0) is 86.3 Å². The lowest BCUT2D eigenvalue weighted by Crippen LogP contribution is -2.37. The van der Waals surface area contributed by atoms with Gasteiger partial charge in [0.05, 0.1) is 0 Å². The first-order valence-corrected chi connectivity index (χ1v) is 11.2. The minimum Gasteiger partial charge on any atom is -0.204 e. The van der Waals surface area contributed by atoms with E-state index in [0.717, 1.165) is 18.3 Å². The molecule has 152 valence electrons. The number of rotatable bonds is 7. The van der Waals surface area contributed by atoms with Crippen LogP contribution in [0.3, 0.4) is 0 Å². The van der Waals surface area contributed by atoms with E-state index in [1.807, 2.05) is 0 Å². The van der Waals surface area contributed by atoms with E-state index in [1.165, 1.54) is 89.2 Å². The van der Waals surface area contributed by atoms with Crippen LogP contribution >= 0.6 is 0 Å². The molecule has 0 bridgehead atoms. The molecule has 0 N–H and O–H groups in total. The number of hydrogen-bond donors (Lipinski definition) is 0. The Balaban J connectivity index is 1.69. The maximum atomic E-state index is 13.6. The fourth-order valence-corrected chi connectivity index (χ4v) is 5.76. The fraction of sp³-hybridized carbons (Fsp3) is 0.750. The van der Waals surface area contributed by atoms with E-state index in [2.05, 4.69) is 6.92 Å². The van der Waals surface area contributed by atoms with Crippen LogP contribution in [0, 0.1) is 34.7 Å². The van der Waals surface area contributed by atoms with Crippen molar-refractivity contribution in [2.75, 3.05) is 0 Å². The van der Waals surface area contributed by atoms with Crippen LogP contribution < -0.4 is 0 Å². The van der Waals surface area contributed by atoms with Crippen LogP contribution in [0.1, 0.15) is 96.0 Å². The molecule has 2 aliphatic carbocycles. The lowest BCUT2D eigenvalue weighted by Gasteiger charge is -2.48. The van der Waals surface area contributed by atoms with Crippen LogP contribution in [0.2, 0.25) is 0 Å². The van der Waals surface area contributed by atoms with E-state index in [9.17, 15) is 13.2 Å². The maximum Gasteiger partial charge on any atom is 0.194 e. The predicted octanol–water partition coefficient (Wildman–Crippen LogP) is 7.98. The molecule has 27 heavy (non-hydrogen) atoms. The zero-order chi connectivity index (χ0) is 19.3. The van der Waals surface area contributed by atoms with Gasteiger partial charge in [-0.25, -0.2) is 13.2 Å². The van der Waals surface area contributed by atoms with Crippen LogP contribution in [0.25, 0.3) is 0 Å². The fourth-order valence-electron chi connectivity index (χ4n) is 5.76. The molecule has 0 aromatic heterocycles. The zero-order valence-electron chi connectivity index (χ0n) is 16.8. The van der Waals surface area contributed by atoms with Crippen molar-refractivity contribution < 1.29 is 13.2 Å². The SMILES string of the molecule is CCCCC1CCC(CCc2cc(F)c(F)c(F)c2)(C2CCCCC2)CC1. The molecular weight excluding hydrogens is 345 g/mol. The average molecular weight is 381 g/mol. The van der Waals surface area contributed by atoms with Crippen molar-refractivity contribution >= 4 is 0 Å². The van der Waals surface area contributed by atoms with E-state index < -0.39 is 17.5 Å². The van der Waals surface area contributed by atoms with Crippen molar-refractivity contribution in [1.82, 2.24) is 0 Å². The van der Waals surface area contributed by atoms with Gasteiger partial charge in [-0.1, -0.05) is 45.4 Å². The molecule has 1 aromatic rings. The summed E-state index contributed by atoms with van der Waals surface area (Å²) in [5.41, 5.74) is 0.930. The van der Waals surface area contributed by atoms with Crippen LogP contribution in [-0.2, 0) is 6.42 Å². The largest absolute Gasteiger partial charge is 0.204 e. The second-order valence-corrected chi connectivity index (χ2v) is 9.16. The van der Waals surface area contributed by atoms with Gasteiger partial charge in [0.2, 0.25) is 0 Å². The minimum atomic E-state index is -1.35. The second-order valence-electron chi connectivity index (χ2n) is 9.16. The number of halogens is 3. The summed E-state index contributed by atoms with van der Waals surface area (Å²) in [5, 5.41) is 0. The monoisotopic (exact) mass is 380 g/mol. The van der Waals surface area contributed by atoms with Gasteiger partial charge < -0.3 is 0 Å². The second kappa shape index (κ2) is 9.47. The van der Waals surface area contributed by atoms with Crippen molar-refractivity contribution in [1.29, 1.82) is 0 Å². The van der Waals surface area contributed by atoms with Crippen molar-refractivity contribution in [3.63, 3.8) is 0 Å². The van der Waals surface area contributed by atoms with Crippen LogP contribution in [0.15, 0.2) is 12.1 Å². The molecule has 2 fully saturated rings. The molecule has 0 aliphatic heterocycles. The molecule has 2 aliphatic rings. The Morgan fingerprint density at radius 3 is 2.15 bits per heavy atom. The molecule has 0 radical (unpaired) electrons. The quantitative estimate of drug-likeness (QED) is 0.421. The van der Waals surface area contributed by atoms with Crippen molar-refractivity contribution in [2.24, 2.45) is 17.3 Å². The van der Waals surface area contributed by atoms with Gasteiger partial charge in [0.15, 0.2) is 17.5 Å². The van der Waals surface area contributed by atoms with Gasteiger partial charge in [0, 0.05) is 0 Å². The molecule has 0 unspecified atom stereocenters. The number of benzene rings is 1. The summed E-state index contributed by atoms with van der Waals surface area (Å²) in [6, 6.07) is 2.39. The summed E-state index contributed by atoms with van der Waals surface area (Å²) in [7, 11) is 0. The van der Waals surface area contributed by atoms with E-state index in [1.54, 1.807) is 0 Å². The Labute approximate surface area is 162 Å². The van der Waals surface area contributed by atoms with Crippen molar-refractivity contribution in [3.8, 4) is 0 Å². The van der Waals surface area contributed by atoms with Crippen molar-refractivity contribution in [2.45, 2.75) is 96.8 Å². The molecule has 2 saturated carbocycles. The molecular formula is C24H35F3. The molecule has 1 aromatic carbocycles. The van der Waals surface area contributed by atoms with E-state index >= 15 is 0 Å². The highest BCUT2D eigenvalue weighted by Gasteiger charge is 2.41. The summed E-state index contributed by atoms with van der Waals surface area (Å²) in [4.78, 5) is 0. The molecule has 3 heteroatoms. The zero-order valence-corrected chi connectivity index (χ0v) is 16.8. The highest BCUT2D eigenvalue weighted by Crippen LogP contribution is 2.52. The molecule has 3 rings (SSSR count). The molecule has 0 heterocycles. The van der Waals surface area contributed by atoms with Gasteiger partial charge in [0.1, 0.15) is 0 Å².